The van der Waals surface area contributed by atoms with Crippen LogP contribution in [-0.2, 0) is 0 Å². The van der Waals surface area contributed by atoms with E-state index in [0.717, 1.165) is 5.92 Å². The summed E-state index contributed by atoms with van der Waals surface area (Å²) in [5.41, 5.74) is 0.905. The monoisotopic (exact) mass is 309 g/mol. The summed E-state index contributed by atoms with van der Waals surface area (Å²) in [6, 6.07) is 0. The minimum atomic E-state index is 0.439. The summed E-state index contributed by atoms with van der Waals surface area (Å²) in [7, 11) is 0. The molecule has 2 saturated heterocycles. The lowest BCUT2D eigenvalue weighted by atomic mass is 9.78. The normalized spacial score (nSPS) is 23.9. The van der Waals surface area contributed by atoms with E-state index in [4.69, 9.17) is 0 Å². The van der Waals surface area contributed by atoms with E-state index in [2.05, 4.69) is 49.7 Å². The second-order valence-corrected chi connectivity index (χ2v) is 9.67. The highest BCUT2D eigenvalue weighted by Crippen LogP contribution is 2.33. The van der Waals surface area contributed by atoms with Crippen LogP contribution < -0.4 is 5.32 Å². The van der Waals surface area contributed by atoms with Crippen LogP contribution in [0.25, 0.3) is 0 Å². The highest BCUT2D eigenvalue weighted by Gasteiger charge is 2.29. The van der Waals surface area contributed by atoms with E-state index in [-0.39, 0.29) is 0 Å². The van der Waals surface area contributed by atoms with Gasteiger partial charge in [0.25, 0.3) is 0 Å². The molecular formula is C19H39N3. The van der Waals surface area contributed by atoms with Crippen molar-refractivity contribution in [3.63, 3.8) is 0 Å². The van der Waals surface area contributed by atoms with Crippen molar-refractivity contribution < 1.29 is 0 Å². The van der Waals surface area contributed by atoms with Crippen molar-refractivity contribution in [1.82, 2.24) is 15.1 Å². The second-order valence-electron chi connectivity index (χ2n) is 9.67. The smallest absolute Gasteiger partial charge is 0.0108 e. The molecule has 2 aliphatic heterocycles. The fourth-order valence-corrected chi connectivity index (χ4v) is 4.34. The number of nitrogens with one attached hydrogen (secondary N) is 1. The van der Waals surface area contributed by atoms with Crippen molar-refractivity contribution >= 4 is 0 Å². The largest absolute Gasteiger partial charge is 0.314 e. The van der Waals surface area contributed by atoms with Gasteiger partial charge in [0.1, 0.15) is 0 Å². The van der Waals surface area contributed by atoms with Crippen LogP contribution in [-0.4, -0.2) is 62.2 Å². The zero-order chi connectivity index (χ0) is 16.2. The number of piperazine rings is 1. The lowest BCUT2D eigenvalue weighted by Gasteiger charge is -2.40. The summed E-state index contributed by atoms with van der Waals surface area (Å²) < 4.78 is 0. The molecule has 0 unspecified atom stereocenters. The number of hydrogen-bond acceptors (Lipinski definition) is 3. The van der Waals surface area contributed by atoms with Gasteiger partial charge in [-0.15, -0.1) is 0 Å². The fraction of sp³-hybridized carbons (Fsp3) is 1.00. The molecule has 1 N–H and O–H groups in total. The Labute approximate surface area is 138 Å². The first-order valence-electron chi connectivity index (χ1n) is 9.39. The van der Waals surface area contributed by atoms with E-state index >= 15 is 0 Å². The Morgan fingerprint density at radius 2 is 1.36 bits per heavy atom. The van der Waals surface area contributed by atoms with Gasteiger partial charge in [0.15, 0.2) is 0 Å². The lowest BCUT2D eigenvalue weighted by Crippen LogP contribution is -2.47. The summed E-state index contributed by atoms with van der Waals surface area (Å²) in [4.78, 5) is 5.34. The van der Waals surface area contributed by atoms with Crippen LogP contribution in [0.2, 0.25) is 0 Å². The van der Waals surface area contributed by atoms with Crippen LogP contribution in [0.5, 0.6) is 0 Å². The van der Waals surface area contributed by atoms with Gasteiger partial charge in [0, 0.05) is 39.3 Å². The summed E-state index contributed by atoms with van der Waals surface area (Å²) in [6.45, 7) is 22.0. The van der Waals surface area contributed by atoms with Gasteiger partial charge < -0.3 is 15.1 Å². The number of nitrogens with zero attached hydrogens (tertiary/aromatic N) is 2. The molecule has 0 aromatic carbocycles. The van der Waals surface area contributed by atoms with E-state index in [1.165, 1.54) is 71.6 Å². The Kier molecular flexibility index (Phi) is 6.32. The topological polar surface area (TPSA) is 18.5 Å². The summed E-state index contributed by atoms with van der Waals surface area (Å²) in [6.07, 6.45) is 4.21. The molecule has 0 atom stereocenters. The average Bonchev–Trinajstić information content (AvgIpc) is 2.39. The SMILES string of the molecule is CC(C)(C)CN1CCC(CC(C)(C)CN2CCNCC2)CC1. The van der Waals surface area contributed by atoms with Crippen molar-refractivity contribution in [3.05, 3.63) is 0 Å². The summed E-state index contributed by atoms with van der Waals surface area (Å²) >= 11 is 0. The maximum absolute atomic E-state index is 3.46. The van der Waals surface area contributed by atoms with Crippen LogP contribution in [0.15, 0.2) is 0 Å². The third-order valence-corrected chi connectivity index (χ3v) is 5.11. The van der Waals surface area contributed by atoms with Gasteiger partial charge in [0.05, 0.1) is 0 Å². The maximum Gasteiger partial charge on any atom is 0.0108 e. The molecular weight excluding hydrogens is 270 g/mol. The zero-order valence-electron chi connectivity index (χ0n) is 15.7. The van der Waals surface area contributed by atoms with Crippen molar-refractivity contribution in [2.24, 2.45) is 16.7 Å². The van der Waals surface area contributed by atoms with Crippen LogP contribution in [0.1, 0.15) is 53.9 Å². The molecule has 3 heteroatoms. The van der Waals surface area contributed by atoms with E-state index < -0.39 is 0 Å². The lowest BCUT2D eigenvalue weighted by molar-refractivity contribution is 0.0937. The van der Waals surface area contributed by atoms with Crippen molar-refractivity contribution in [2.45, 2.75) is 53.9 Å². The highest BCUT2D eigenvalue weighted by molar-refractivity contribution is 4.83. The number of likely N-dealkylation sites (tertiary alicyclic amines) is 1. The molecule has 3 nitrogen and oxygen atoms in total. The Balaban J connectivity index is 1.72. The standard InChI is InChI=1S/C19H39N3/c1-18(2,3)15-21-10-6-17(7-11-21)14-19(4,5)16-22-12-8-20-9-13-22/h17,20H,6-16H2,1-5H3. The third kappa shape index (κ3) is 6.55. The van der Waals surface area contributed by atoms with E-state index in [1.54, 1.807) is 0 Å². The predicted molar refractivity (Wildman–Crippen MR) is 96.3 cm³/mol. The molecule has 0 bridgehead atoms. The number of hydrogen-bond donors (Lipinski definition) is 1. The molecule has 2 aliphatic rings. The van der Waals surface area contributed by atoms with Gasteiger partial charge in [-0.3, -0.25) is 0 Å². The molecule has 2 heterocycles. The Bertz CT molecular complexity index is 318. The number of piperidine rings is 1. The molecule has 0 amide bonds. The molecule has 22 heavy (non-hydrogen) atoms. The minimum absolute atomic E-state index is 0.439. The quantitative estimate of drug-likeness (QED) is 0.842. The fourth-order valence-electron chi connectivity index (χ4n) is 4.34. The Morgan fingerprint density at radius 1 is 0.818 bits per heavy atom. The maximum atomic E-state index is 3.46. The molecule has 0 aromatic rings. The van der Waals surface area contributed by atoms with E-state index in [0.29, 0.717) is 10.8 Å². The summed E-state index contributed by atoms with van der Waals surface area (Å²) in [5.74, 6) is 0.939. The molecule has 0 aliphatic carbocycles. The Hall–Kier alpha value is -0.120. The molecule has 0 radical (unpaired) electrons. The summed E-state index contributed by atoms with van der Waals surface area (Å²) in [5, 5.41) is 3.46. The first kappa shape index (κ1) is 18.2. The van der Waals surface area contributed by atoms with Crippen molar-refractivity contribution in [3.8, 4) is 0 Å². The average molecular weight is 310 g/mol. The van der Waals surface area contributed by atoms with Gasteiger partial charge in [-0.1, -0.05) is 34.6 Å². The molecule has 0 aromatic heterocycles. The predicted octanol–water partition coefficient (Wildman–Crippen LogP) is 3.07. The van der Waals surface area contributed by atoms with Gasteiger partial charge in [-0.2, -0.15) is 0 Å². The number of rotatable bonds is 5. The molecule has 130 valence electrons. The van der Waals surface area contributed by atoms with Crippen LogP contribution in [0.3, 0.4) is 0 Å². The second kappa shape index (κ2) is 7.63. The van der Waals surface area contributed by atoms with E-state index in [9.17, 15) is 0 Å². The van der Waals surface area contributed by atoms with Gasteiger partial charge in [-0.25, -0.2) is 0 Å². The third-order valence-electron chi connectivity index (χ3n) is 5.11. The molecule has 2 rings (SSSR count). The molecule has 2 fully saturated rings. The van der Waals surface area contributed by atoms with Crippen LogP contribution in [0.4, 0.5) is 0 Å². The Morgan fingerprint density at radius 3 is 1.91 bits per heavy atom. The van der Waals surface area contributed by atoms with Gasteiger partial charge in [-0.05, 0) is 49.1 Å². The van der Waals surface area contributed by atoms with Gasteiger partial charge in [0.2, 0.25) is 0 Å². The van der Waals surface area contributed by atoms with E-state index in [1.807, 2.05) is 0 Å². The van der Waals surface area contributed by atoms with Gasteiger partial charge >= 0.3 is 0 Å². The highest BCUT2D eigenvalue weighted by atomic mass is 15.2. The van der Waals surface area contributed by atoms with Crippen LogP contribution in [0, 0.1) is 16.7 Å². The minimum Gasteiger partial charge on any atom is -0.314 e. The van der Waals surface area contributed by atoms with Crippen molar-refractivity contribution in [2.75, 3.05) is 52.4 Å². The first-order valence-corrected chi connectivity index (χ1v) is 9.39. The molecule has 0 spiro atoms. The van der Waals surface area contributed by atoms with Crippen LogP contribution >= 0.6 is 0 Å². The van der Waals surface area contributed by atoms with Crippen molar-refractivity contribution in [1.29, 1.82) is 0 Å². The molecule has 0 saturated carbocycles. The first-order chi connectivity index (χ1) is 10.2. The zero-order valence-corrected chi connectivity index (χ0v) is 15.7.